The van der Waals surface area contributed by atoms with Gasteiger partial charge in [-0.2, -0.15) is 5.10 Å². The van der Waals surface area contributed by atoms with Gasteiger partial charge in [0.1, 0.15) is 0 Å². The van der Waals surface area contributed by atoms with Crippen molar-refractivity contribution in [1.82, 2.24) is 4.83 Å². The van der Waals surface area contributed by atoms with Gasteiger partial charge in [0.15, 0.2) is 11.5 Å². The van der Waals surface area contributed by atoms with Crippen molar-refractivity contribution in [1.29, 1.82) is 0 Å². The molecule has 16 heavy (non-hydrogen) atoms. The zero-order chi connectivity index (χ0) is 11.6. The molecule has 0 unspecified atom stereocenters. The quantitative estimate of drug-likeness (QED) is 0.611. The Balaban J connectivity index is 2.11. The van der Waals surface area contributed by atoms with Crippen LogP contribution in [0, 0.1) is 0 Å². The highest BCUT2D eigenvalue weighted by Crippen LogP contribution is 2.31. The van der Waals surface area contributed by atoms with Crippen LogP contribution in [0.4, 0.5) is 0 Å². The van der Waals surface area contributed by atoms with Crippen LogP contribution in [0.25, 0.3) is 0 Å². The topological polar surface area (TPSA) is 77.0 Å². The van der Waals surface area contributed by atoms with E-state index in [4.69, 9.17) is 9.47 Å². The van der Waals surface area contributed by atoms with Crippen LogP contribution in [0.15, 0.2) is 23.3 Å². The van der Waals surface area contributed by atoms with Crippen LogP contribution in [-0.2, 0) is 10.0 Å². The van der Waals surface area contributed by atoms with Crippen molar-refractivity contribution in [3.05, 3.63) is 23.8 Å². The van der Waals surface area contributed by atoms with E-state index < -0.39 is 10.0 Å². The van der Waals surface area contributed by atoms with Gasteiger partial charge in [-0.3, -0.25) is 0 Å². The minimum Gasteiger partial charge on any atom is -0.454 e. The van der Waals surface area contributed by atoms with Gasteiger partial charge in [-0.25, -0.2) is 13.2 Å². The molecule has 2 rings (SSSR count). The van der Waals surface area contributed by atoms with Gasteiger partial charge in [0, 0.05) is 0 Å². The summed E-state index contributed by atoms with van der Waals surface area (Å²) in [7, 11) is -3.31. The molecule has 1 N–H and O–H groups in total. The number of nitrogens with one attached hydrogen (secondary N) is 1. The van der Waals surface area contributed by atoms with Crippen molar-refractivity contribution in [3.63, 3.8) is 0 Å². The second-order valence-corrected chi connectivity index (χ2v) is 4.96. The lowest BCUT2D eigenvalue weighted by Gasteiger charge is -1.97. The fourth-order valence-electron chi connectivity index (χ4n) is 1.19. The summed E-state index contributed by atoms with van der Waals surface area (Å²) in [5.74, 6) is 1.30. The lowest BCUT2D eigenvalue weighted by Crippen LogP contribution is -2.15. The molecule has 86 valence electrons. The van der Waals surface area contributed by atoms with Crippen molar-refractivity contribution in [2.45, 2.75) is 0 Å². The number of sulfonamides is 1. The molecule has 0 aliphatic carbocycles. The lowest BCUT2D eigenvalue weighted by atomic mass is 10.2. The van der Waals surface area contributed by atoms with E-state index in [1.807, 2.05) is 4.83 Å². The van der Waals surface area contributed by atoms with Crippen LogP contribution in [0.2, 0.25) is 0 Å². The van der Waals surface area contributed by atoms with E-state index >= 15 is 0 Å². The van der Waals surface area contributed by atoms with Crippen molar-refractivity contribution in [3.8, 4) is 11.5 Å². The summed E-state index contributed by atoms with van der Waals surface area (Å²) in [6.07, 6.45) is 2.42. The van der Waals surface area contributed by atoms with Gasteiger partial charge in [0.2, 0.25) is 16.8 Å². The highest BCUT2D eigenvalue weighted by Gasteiger charge is 2.12. The predicted molar refractivity (Wildman–Crippen MR) is 58.1 cm³/mol. The molecule has 1 aliphatic rings. The van der Waals surface area contributed by atoms with E-state index in [-0.39, 0.29) is 6.79 Å². The smallest absolute Gasteiger partial charge is 0.244 e. The van der Waals surface area contributed by atoms with E-state index in [1.165, 1.54) is 6.21 Å². The van der Waals surface area contributed by atoms with E-state index in [9.17, 15) is 8.42 Å². The van der Waals surface area contributed by atoms with Crippen molar-refractivity contribution < 1.29 is 17.9 Å². The molecule has 0 spiro atoms. The molecule has 0 aromatic heterocycles. The number of fused-ring (bicyclic) bond motifs is 1. The molecule has 6 nitrogen and oxygen atoms in total. The number of rotatable bonds is 3. The summed E-state index contributed by atoms with van der Waals surface area (Å²) < 4.78 is 31.8. The Bertz CT molecular complexity index is 524. The summed E-state index contributed by atoms with van der Waals surface area (Å²) in [4.78, 5) is 2.01. The van der Waals surface area contributed by atoms with E-state index in [1.54, 1.807) is 18.2 Å². The fraction of sp³-hybridized carbons (Fsp3) is 0.222. The van der Waals surface area contributed by atoms with Crippen LogP contribution < -0.4 is 14.3 Å². The standard InChI is InChI=1S/C9H10N2O4S/c1-16(12,13)11-10-5-7-2-3-8-9(4-7)15-6-14-8/h2-5,11H,6H2,1H3. The molecule has 0 saturated heterocycles. The largest absolute Gasteiger partial charge is 0.454 e. The van der Waals surface area contributed by atoms with Crippen molar-refractivity contribution in [2.24, 2.45) is 5.10 Å². The molecule has 1 aromatic carbocycles. The summed E-state index contributed by atoms with van der Waals surface area (Å²) in [6, 6.07) is 5.21. The van der Waals surface area contributed by atoms with E-state index in [0.717, 1.165) is 11.8 Å². The molecule has 0 bridgehead atoms. The van der Waals surface area contributed by atoms with Crippen molar-refractivity contribution >= 4 is 16.2 Å². The Kier molecular flexibility index (Phi) is 2.69. The summed E-state index contributed by atoms with van der Waals surface area (Å²) in [5.41, 5.74) is 0.723. The van der Waals surface area contributed by atoms with Crippen molar-refractivity contribution in [2.75, 3.05) is 13.0 Å². The maximum atomic E-state index is 10.7. The summed E-state index contributed by atoms with van der Waals surface area (Å²) in [6.45, 7) is 0.206. The predicted octanol–water partition coefficient (Wildman–Crippen LogP) is 0.298. The average molecular weight is 242 g/mol. The third-order valence-electron chi connectivity index (χ3n) is 1.83. The molecule has 1 aliphatic heterocycles. The van der Waals surface area contributed by atoms with Gasteiger partial charge >= 0.3 is 0 Å². The van der Waals surface area contributed by atoms with Gasteiger partial charge in [0.05, 0.1) is 12.5 Å². The molecule has 1 aromatic rings. The number of hydrazone groups is 1. The first-order valence-electron chi connectivity index (χ1n) is 4.44. The van der Waals surface area contributed by atoms with Crippen LogP contribution in [-0.4, -0.2) is 27.7 Å². The average Bonchev–Trinajstić information content (AvgIpc) is 2.62. The maximum absolute atomic E-state index is 10.7. The van der Waals surface area contributed by atoms with Gasteiger partial charge in [0.25, 0.3) is 0 Å². The highest BCUT2D eigenvalue weighted by atomic mass is 32.2. The number of hydrogen-bond donors (Lipinski definition) is 1. The van der Waals surface area contributed by atoms with E-state index in [0.29, 0.717) is 11.5 Å². The molecule has 0 fully saturated rings. The molecular formula is C9H10N2O4S. The van der Waals surface area contributed by atoms with Crippen LogP contribution in [0.1, 0.15) is 5.56 Å². The molecule has 0 radical (unpaired) electrons. The molecule has 0 atom stereocenters. The van der Waals surface area contributed by atoms with Gasteiger partial charge in [-0.1, -0.05) is 0 Å². The molecule has 0 saturated carbocycles. The monoisotopic (exact) mass is 242 g/mol. The van der Waals surface area contributed by atoms with Gasteiger partial charge in [-0.15, -0.1) is 0 Å². The minimum atomic E-state index is -3.31. The van der Waals surface area contributed by atoms with Gasteiger partial charge < -0.3 is 9.47 Å². The molecule has 7 heteroatoms. The minimum absolute atomic E-state index is 0.206. The summed E-state index contributed by atoms with van der Waals surface area (Å²) >= 11 is 0. The zero-order valence-electron chi connectivity index (χ0n) is 8.50. The Morgan fingerprint density at radius 3 is 2.88 bits per heavy atom. The Morgan fingerprint density at radius 2 is 2.12 bits per heavy atom. The second-order valence-electron chi connectivity index (χ2n) is 3.23. The lowest BCUT2D eigenvalue weighted by molar-refractivity contribution is 0.174. The number of benzene rings is 1. The molecule has 0 amide bonds. The SMILES string of the molecule is CS(=O)(=O)NN=Cc1ccc2c(c1)OCO2. The Labute approximate surface area is 92.9 Å². The van der Waals surface area contributed by atoms with Crippen LogP contribution in [0.5, 0.6) is 11.5 Å². The Hall–Kier alpha value is -1.76. The Morgan fingerprint density at radius 1 is 1.38 bits per heavy atom. The number of hydrogen-bond acceptors (Lipinski definition) is 5. The molecule has 1 heterocycles. The van der Waals surface area contributed by atoms with Gasteiger partial charge in [-0.05, 0) is 23.8 Å². The number of ether oxygens (including phenoxy) is 2. The fourth-order valence-corrected chi connectivity index (χ4v) is 1.43. The maximum Gasteiger partial charge on any atom is 0.244 e. The molecular weight excluding hydrogens is 232 g/mol. The zero-order valence-corrected chi connectivity index (χ0v) is 9.32. The third-order valence-corrected chi connectivity index (χ3v) is 2.27. The van der Waals surface area contributed by atoms with E-state index in [2.05, 4.69) is 5.10 Å². The third kappa shape index (κ3) is 2.63. The highest BCUT2D eigenvalue weighted by molar-refractivity contribution is 7.88. The first kappa shape index (κ1) is 10.7. The summed E-state index contributed by atoms with van der Waals surface area (Å²) in [5, 5.41) is 3.58. The first-order chi connectivity index (χ1) is 7.54. The van der Waals surface area contributed by atoms with Crippen LogP contribution in [0.3, 0.4) is 0 Å². The normalized spacial score (nSPS) is 14.3. The first-order valence-corrected chi connectivity index (χ1v) is 6.33. The van der Waals surface area contributed by atoms with Crippen LogP contribution >= 0.6 is 0 Å². The second kappa shape index (κ2) is 4.01. The number of nitrogens with zero attached hydrogens (tertiary/aromatic N) is 1.